The molecule has 4 rings (SSSR count). The lowest BCUT2D eigenvalue weighted by Crippen LogP contribution is -2.20. The Labute approximate surface area is 203 Å². The number of aromatic nitrogens is 1. The zero-order chi connectivity index (χ0) is 24.3. The van der Waals surface area contributed by atoms with Crippen LogP contribution in [0.3, 0.4) is 0 Å². The summed E-state index contributed by atoms with van der Waals surface area (Å²) in [7, 11) is -4.10. The van der Waals surface area contributed by atoms with E-state index in [-0.39, 0.29) is 15.2 Å². The molecule has 0 bridgehead atoms. The van der Waals surface area contributed by atoms with Gasteiger partial charge in [0.2, 0.25) is 15.3 Å². The zero-order valence-corrected chi connectivity index (χ0v) is 20.4. The van der Waals surface area contributed by atoms with E-state index in [0.29, 0.717) is 41.8 Å². The Balaban J connectivity index is 1.91. The molecule has 1 aromatic heterocycles. The minimum Gasteiger partial charge on any atom is -0.494 e. The number of rotatable bonds is 8. The smallest absolute Gasteiger partial charge is 0.211 e. The first-order chi connectivity index (χ1) is 16.3. The van der Waals surface area contributed by atoms with Gasteiger partial charge in [-0.25, -0.2) is 8.42 Å². The van der Waals surface area contributed by atoms with E-state index >= 15 is 0 Å². The summed E-state index contributed by atoms with van der Waals surface area (Å²) in [5.41, 5.74) is 0.891. The molecule has 0 amide bonds. The Morgan fingerprint density at radius 2 is 1.56 bits per heavy atom. The van der Waals surface area contributed by atoms with Crippen LogP contribution < -0.4 is 14.9 Å². The average molecular weight is 498 g/mol. The van der Waals surface area contributed by atoms with E-state index in [9.17, 15) is 13.2 Å². The van der Waals surface area contributed by atoms with Crippen LogP contribution in [-0.2, 0) is 16.4 Å². The molecule has 6 nitrogen and oxygen atoms in total. The molecule has 0 aliphatic heterocycles. The second-order valence-corrected chi connectivity index (χ2v) is 9.95. The predicted octanol–water partition coefficient (Wildman–Crippen LogP) is 5.33. The lowest BCUT2D eigenvalue weighted by atomic mass is 10.1. The van der Waals surface area contributed by atoms with Gasteiger partial charge in [-0.2, -0.15) is 0 Å². The monoisotopic (exact) mass is 497 g/mol. The normalized spacial score (nSPS) is 11.5. The highest BCUT2D eigenvalue weighted by molar-refractivity contribution is 7.91. The van der Waals surface area contributed by atoms with Crippen LogP contribution in [-0.4, -0.2) is 26.2 Å². The Bertz CT molecular complexity index is 1490. The minimum absolute atomic E-state index is 0.0164. The van der Waals surface area contributed by atoms with Crippen molar-refractivity contribution in [1.82, 2.24) is 4.57 Å². The molecule has 0 aliphatic rings. The third-order valence-electron chi connectivity index (χ3n) is 5.31. The molecular formula is C26H24ClNO5S. The molecule has 0 radical (unpaired) electrons. The van der Waals surface area contributed by atoms with Crippen molar-refractivity contribution in [1.29, 1.82) is 0 Å². The second-order valence-electron chi connectivity index (χ2n) is 7.60. The number of halogens is 1. The highest BCUT2D eigenvalue weighted by atomic mass is 35.5. The van der Waals surface area contributed by atoms with Crippen molar-refractivity contribution in [3.8, 4) is 11.5 Å². The minimum atomic E-state index is -4.10. The van der Waals surface area contributed by atoms with Crippen LogP contribution >= 0.6 is 11.6 Å². The Kier molecular flexibility index (Phi) is 6.95. The van der Waals surface area contributed by atoms with Gasteiger partial charge >= 0.3 is 0 Å². The standard InChI is InChI=1S/C26H24ClNO5S/c1-3-32-20-8-11-22(12-9-20)34(30,31)25-17-28(16-18-6-5-7-19(27)14-18)24-13-10-21(33-4-2)15-23(24)26(25)29/h5-15,17H,3-4,16H2,1-2H3. The third kappa shape index (κ3) is 4.81. The molecule has 0 spiro atoms. The largest absolute Gasteiger partial charge is 0.494 e. The molecule has 0 atom stereocenters. The first-order valence-corrected chi connectivity index (χ1v) is 12.7. The van der Waals surface area contributed by atoms with Crippen molar-refractivity contribution in [3.05, 3.63) is 93.7 Å². The molecule has 0 unspecified atom stereocenters. The van der Waals surface area contributed by atoms with Crippen molar-refractivity contribution < 1.29 is 17.9 Å². The van der Waals surface area contributed by atoms with Gasteiger partial charge in [-0.1, -0.05) is 23.7 Å². The quantitative estimate of drug-likeness (QED) is 0.329. The lowest BCUT2D eigenvalue weighted by Gasteiger charge is -2.15. The van der Waals surface area contributed by atoms with Crippen molar-refractivity contribution in [3.63, 3.8) is 0 Å². The zero-order valence-electron chi connectivity index (χ0n) is 18.8. The van der Waals surface area contributed by atoms with Crippen LogP contribution in [0.5, 0.6) is 11.5 Å². The van der Waals surface area contributed by atoms with Crippen molar-refractivity contribution >= 4 is 32.3 Å². The number of nitrogens with zero attached hydrogens (tertiary/aromatic N) is 1. The summed E-state index contributed by atoms with van der Waals surface area (Å²) in [6.45, 7) is 4.91. The van der Waals surface area contributed by atoms with Crippen LogP contribution in [0.1, 0.15) is 19.4 Å². The van der Waals surface area contributed by atoms with E-state index in [2.05, 4.69) is 0 Å². The summed E-state index contributed by atoms with van der Waals surface area (Å²) >= 11 is 6.15. The predicted molar refractivity (Wildman–Crippen MR) is 133 cm³/mol. The maximum Gasteiger partial charge on any atom is 0.211 e. The number of fused-ring (bicyclic) bond motifs is 1. The number of hydrogen-bond donors (Lipinski definition) is 0. The van der Waals surface area contributed by atoms with E-state index in [1.165, 1.54) is 18.3 Å². The van der Waals surface area contributed by atoms with Gasteiger partial charge in [0.25, 0.3) is 0 Å². The Morgan fingerprint density at radius 3 is 2.24 bits per heavy atom. The lowest BCUT2D eigenvalue weighted by molar-refractivity contribution is 0.340. The highest BCUT2D eigenvalue weighted by Gasteiger charge is 2.24. The molecule has 0 N–H and O–H groups in total. The van der Waals surface area contributed by atoms with Crippen LogP contribution in [0.2, 0.25) is 5.02 Å². The van der Waals surface area contributed by atoms with Crippen LogP contribution in [0.15, 0.2) is 87.5 Å². The first-order valence-electron chi connectivity index (χ1n) is 10.9. The van der Waals surface area contributed by atoms with Gasteiger partial charge in [-0.05, 0) is 74.0 Å². The number of benzene rings is 3. The molecule has 8 heteroatoms. The van der Waals surface area contributed by atoms with E-state index < -0.39 is 15.3 Å². The second kappa shape index (κ2) is 9.91. The highest BCUT2D eigenvalue weighted by Crippen LogP contribution is 2.26. The van der Waals surface area contributed by atoms with Gasteiger partial charge in [0.1, 0.15) is 16.4 Å². The molecule has 34 heavy (non-hydrogen) atoms. The maximum absolute atomic E-state index is 13.5. The number of ether oxygens (including phenoxy) is 2. The van der Waals surface area contributed by atoms with Crippen molar-refractivity contribution in [2.24, 2.45) is 0 Å². The molecule has 3 aromatic carbocycles. The van der Waals surface area contributed by atoms with Gasteiger partial charge in [-0.15, -0.1) is 0 Å². The fraction of sp³-hybridized carbons (Fsp3) is 0.192. The fourth-order valence-electron chi connectivity index (χ4n) is 3.77. The van der Waals surface area contributed by atoms with E-state index in [4.69, 9.17) is 21.1 Å². The summed E-state index contributed by atoms with van der Waals surface area (Å²) in [5.74, 6) is 1.05. The molecule has 0 saturated carbocycles. The maximum atomic E-state index is 13.5. The van der Waals surface area contributed by atoms with Crippen LogP contribution in [0, 0.1) is 0 Å². The summed E-state index contributed by atoms with van der Waals surface area (Å²) in [6.07, 6.45) is 1.40. The number of pyridine rings is 1. The summed E-state index contributed by atoms with van der Waals surface area (Å²) in [4.78, 5) is 13.1. The number of hydrogen-bond acceptors (Lipinski definition) is 5. The molecule has 0 fully saturated rings. The van der Waals surface area contributed by atoms with Gasteiger partial charge in [0.15, 0.2) is 0 Å². The molecule has 176 valence electrons. The Morgan fingerprint density at radius 1 is 0.882 bits per heavy atom. The van der Waals surface area contributed by atoms with Gasteiger partial charge < -0.3 is 14.0 Å². The van der Waals surface area contributed by atoms with E-state index in [0.717, 1.165) is 5.56 Å². The van der Waals surface area contributed by atoms with E-state index in [1.54, 1.807) is 47.0 Å². The van der Waals surface area contributed by atoms with Gasteiger partial charge in [-0.3, -0.25) is 4.79 Å². The summed E-state index contributed by atoms with van der Waals surface area (Å²) in [6, 6.07) is 18.5. The van der Waals surface area contributed by atoms with Gasteiger partial charge in [0.05, 0.1) is 29.0 Å². The molecular weight excluding hydrogens is 474 g/mol. The van der Waals surface area contributed by atoms with Crippen molar-refractivity contribution in [2.45, 2.75) is 30.2 Å². The Hall–Kier alpha value is -3.29. The SMILES string of the molecule is CCOc1ccc(S(=O)(=O)c2cn(Cc3cccc(Cl)c3)c3ccc(OCC)cc3c2=O)cc1. The van der Waals surface area contributed by atoms with Gasteiger partial charge in [0, 0.05) is 17.8 Å². The summed E-state index contributed by atoms with van der Waals surface area (Å²) in [5, 5.41) is 0.837. The first kappa shape index (κ1) is 23.9. The fourth-order valence-corrected chi connectivity index (χ4v) is 5.35. The topological polar surface area (TPSA) is 74.6 Å². The van der Waals surface area contributed by atoms with E-state index in [1.807, 2.05) is 26.0 Å². The molecule has 0 saturated heterocycles. The van der Waals surface area contributed by atoms with Crippen LogP contribution in [0.4, 0.5) is 0 Å². The number of sulfone groups is 1. The molecule has 4 aromatic rings. The summed E-state index contributed by atoms with van der Waals surface area (Å²) < 4.78 is 39.8. The average Bonchev–Trinajstić information content (AvgIpc) is 2.82. The third-order valence-corrected chi connectivity index (χ3v) is 7.30. The molecule has 0 aliphatic carbocycles. The van der Waals surface area contributed by atoms with Crippen LogP contribution in [0.25, 0.3) is 10.9 Å². The van der Waals surface area contributed by atoms with Crippen molar-refractivity contribution in [2.75, 3.05) is 13.2 Å². The molecule has 1 heterocycles.